The molecule has 2 nitrogen and oxygen atoms in total. The highest BCUT2D eigenvalue weighted by Crippen LogP contribution is 2.20. The molecule has 1 aliphatic heterocycles. The first kappa shape index (κ1) is 8.59. The fraction of sp³-hybridized carbons (Fsp3) is 0.857. The van der Waals surface area contributed by atoms with Crippen LogP contribution in [0.1, 0.15) is 19.3 Å². The maximum Gasteiger partial charge on any atom is 0.301 e. The smallest absolute Gasteiger partial charge is 0.261 e. The Morgan fingerprint density at radius 3 is 2.45 bits per heavy atom. The Morgan fingerprint density at radius 1 is 1.45 bits per heavy atom. The van der Waals surface area contributed by atoms with Crippen LogP contribution in [0, 0.1) is 5.92 Å². The fourth-order valence-electron chi connectivity index (χ4n) is 1.33. The van der Waals surface area contributed by atoms with Gasteiger partial charge in [0.2, 0.25) is 0 Å². The molecule has 1 rings (SSSR count). The van der Waals surface area contributed by atoms with Crippen molar-refractivity contribution in [2.75, 3.05) is 13.1 Å². The minimum Gasteiger partial charge on any atom is -0.261 e. The van der Waals surface area contributed by atoms with E-state index in [1.54, 1.807) is 0 Å². The minimum atomic E-state index is -1.28. The molecule has 0 bridgehead atoms. The van der Waals surface area contributed by atoms with Gasteiger partial charge in [0, 0.05) is 19.5 Å². The lowest BCUT2D eigenvalue weighted by Gasteiger charge is -2.24. The van der Waals surface area contributed by atoms with E-state index in [-0.39, 0.29) is 12.3 Å². The molecule has 0 aliphatic carbocycles. The van der Waals surface area contributed by atoms with Gasteiger partial charge in [-0.25, -0.2) is 0 Å². The molecule has 11 heavy (non-hydrogen) atoms. The van der Waals surface area contributed by atoms with Gasteiger partial charge in [-0.3, -0.25) is 4.79 Å². The van der Waals surface area contributed by atoms with Crippen molar-refractivity contribution in [2.45, 2.75) is 19.3 Å². The largest absolute Gasteiger partial charge is 0.301 e. The number of carbonyl (C=O) groups excluding carboxylic acids is 1. The van der Waals surface area contributed by atoms with Crippen molar-refractivity contribution in [1.29, 1.82) is 0 Å². The van der Waals surface area contributed by atoms with E-state index in [0.717, 1.165) is 0 Å². The Bertz CT molecular complexity index is 143. The van der Waals surface area contributed by atoms with Crippen molar-refractivity contribution in [3.05, 3.63) is 0 Å². The summed E-state index contributed by atoms with van der Waals surface area (Å²) in [6, 6.07) is -1.28. The summed E-state index contributed by atoms with van der Waals surface area (Å²) in [5.74, 6) is 0.0551. The number of hydrogen-bond acceptors (Lipinski definition) is 2. The van der Waals surface area contributed by atoms with E-state index in [1.807, 2.05) is 0 Å². The van der Waals surface area contributed by atoms with Crippen molar-refractivity contribution >= 4 is 6.04 Å². The number of hydrogen-bond donors (Lipinski definition) is 0. The fourth-order valence-corrected chi connectivity index (χ4v) is 1.33. The first-order valence-corrected chi connectivity index (χ1v) is 3.77. The standard InChI is InChI=1S/C7H11F2NO/c8-7(11)5-6-1-3-10(9)4-2-6/h6H,1-5H2. The Hall–Kier alpha value is -0.510. The zero-order valence-electron chi connectivity index (χ0n) is 6.22. The zero-order valence-corrected chi connectivity index (χ0v) is 6.22. The Kier molecular flexibility index (Phi) is 2.93. The van der Waals surface area contributed by atoms with Crippen molar-refractivity contribution in [3.63, 3.8) is 0 Å². The van der Waals surface area contributed by atoms with Gasteiger partial charge in [0.15, 0.2) is 0 Å². The Balaban J connectivity index is 2.22. The molecule has 0 atom stereocenters. The van der Waals surface area contributed by atoms with Crippen molar-refractivity contribution in [1.82, 2.24) is 5.12 Å². The van der Waals surface area contributed by atoms with Gasteiger partial charge in [-0.1, -0.05) is 0 Å². The molecule has 1 saturated heterocycles. The van der Waals surface area contributed by atoms with E-state index in [0.29, 0.717) is 31.1 Å². The summed E-state index contributed by atoms with van der Waals surface area (Å²) in [6.07, 6.45) is 1.14. The summed E-state index contributed by atoms with van der Waals surface area (Å²) in [5.41, 5.74) is 0. The van der Waals surface area contributed by atoms with Crippen LogP contribution in [0.4, 0.5) is 8.87 Å². The molecule has 0 aromatic heterocycles. The van der Waals surface area contributed by atoms with Crippen LogP contribution in [0.5, 0.6) is 0 Å². The normalized spacial score (nSPS) is 22.0. The maximum absolute atomic E-state index is 12.3. The summed E-state index contributed by atoms with van der Waals surface area (Å²) >= 11 is 0. The van der Waals surface area contributed by atoms with Crippen LogP contribution in [0.25, 0.3) is 0 Å². The SMILES string of the molecule is O=C(F)CC1CCN(F)CC1. The molecular weight excluding hydrogens is 152 g/mol. The summed E-state index contributed by atoms with van der Waals surface area (Å²) in [5, 5.41) is 0.708. The molecule has 0 aromatic rings. The van der Waals surface area contributed by atoms with Crippen LogP contribution in [0.2, 0.25) is 0 Å². The van der Waals surface area contributed by atoms with Crippen LogP contribution in [0.3, 0.4) is 0 Å². The molecule has 0 radical (unpaired) electrons. The average Bonchev–Trinajstić information content (AvgIpc) is 1.93. The van der Waals surface area contributed by atoms with Gasteiger partial charge in [0.1, 0.15) is 0 Å². The van der Waals surface area contributed by atoms with Crippen LogP contribution >= 0.6 is 0 Å². The predicted molar refractivity (Wildman–Crippen MR) is 36.1 cm³/mol. The molecule has 64 valence electrons. The van der Waals surface area contributed by atoms with Crippen LogP contribution in [-0.4, -0.2) is 24.2 Å². The summed E-state index contributed by atoms with van der Waals surface area (Å²) in [7, 11) is 0. The van der Waals surface area contributed by atoms with Crippen molar-refractivity contribution in [2.24, 2.45) is 5.92 Å². The lowest BCUT2D eigenvalue weighted by Crippen LogP contribution is -2.27. The number of rotatable bonds is 2. The Morgan fingerprint density at radius 2 is 2.00 bits per heavy atom. The topological polar surface area (TPSA) is 20.3 Å². The van der Waals surface area contributed by atoms with Gasteiger partial charge in [0.25, 0.3) is 0 Å². The number of nitrogens with zero attached hydrogens (tertiary/aromatic N) is 1. The molecule has 1 heterocycles. The molecule has 0 N–H and O–H groups in total. The Labute approximate surface area is 64.1 Å². The van der Waals surface area contributed by atoms with Crippen LogP contribution < -0.4 is 0 Å². The van der Waals surface area contributed by atoms with Gasteiger partial charge in [-0.15, -0.1) is 9.60 Å². The minimum absolute atomic E-state index is 0.0339. The number of carbonyl (C=O) groups is 1. The number of halogens is 2. The molecular formula is C7H11F2NO. The molecule has 0 aromatic carbocycles. The zero-order chi connectivity index (χ0) is 8.27. The third-order valence-corrected chi connectivity index (χ3v) is 2.01. The third kappa shape index (κ3) is 2.93. The van der Waals surface area contributed by atoms with Gasteiger partial charge >= 0.3 is 6.04 Å². The molecule has 0 spiro atoms. The van der Waals surface area contributed by atoms with E-state index in [1.165, 1.54) is 0 Å². The summed E-state index contributed by atoms with van der Waals surface area (Å²) < 4.78 is 24.2. The second-order valence-corrected chi connectivity index (χ2v) is 2.91. The second kappa shape index (κ2) is 3.76. The molecule has 1 fully saturated rings. The summed E-state index contributed by atoms with van der Waals surface area (Å²) in [4.78, 5) is 10.0. The predicted octanol–water partition coefficient (Wildman–Crippen LogP) is 1.47. The monoisotopic (exact) mass is 163 g/mol. The van der Waals surface area contributed by atoms with E-state index >= 15 is 0 Å². The maximum atomic E-state index is 12.3. The molecule has 0 unspecified atom stereocenters. The van der Waals surface area contributed by atoms with E-state index < -0.39 is 6.04 Å². The van der Waals surface area contributed by atoms with E-state index in [4.69, 9.17) is 0 Å². The van der Waals surface area contributed by atoms with Gasteiger partial charge in [-0.05, 0) is 18.8 Å². The lowest BCUT2D eigenvalue weighted by molar-refractivity contribution is -0.131. The van der Waals surface area contributed by atoms with Gasteiger partial charge < -0.3 is 0 Å². The van der Waals surface area contributed by atoms with Crippen LogP contribution in [-0.2, 0) is 4.79 Å². The molecule has 1 aliphatic rings. The number of piperidine rings is 1. The highest BCUT2D eigenvalue weighted by molar-refractivity contribution is 5.68. The second-order valence-electron chi connectivity index (χ2n) is 2.91. The molecule has 0 amide bonds. The van der Waals surface area contributed by atoms with Gasteiger partial charge in [-0.2, -0.15) is 4.39 Å². The first-order valence-electron chi connectivity index (χ1n) is 3.77. The van der Waals surface area contributed by atoms with E-state index in [9.17, 15) is 13.7 Å². The van der Waals surface area contributed by atoms with E-state index in [2.05, 4.69) is 0 Å². The van der Waals surface area contributed by atoms with Crippen molar-refractivity contribution < 1.29 is 13.7 Å². The third-order valence-electron chi connectivity index (χ3n) is 2.01. The average molecular weight is 163 g/mol. The quantitative estimate of drug-likeness (QED) is 0.454. The summed E-state index contributed by atoms with van der Waals surface area (Å²) in [6.45, 7) is 0.663. The first-order chi connectivity index (χ1) is 5.18. The van der Waals surface area contributed by atoms with Crippen LogP contribution in [0.15, 0.2) is 0 Å². The van der Waals surface area contributed by atoms with Gasteiger partial charge in [0.05, 0.1) is 0 Å². The lowest BCUT2D eigenvalue weighted by atomic mass is 9.95. The molecule has 0 saturated carbocycles. The highest BCUT2D eigenvalue weighted by atomic mass is 19.2. The molecule has 4 heteroatoms. The van der Waals surface area contributed by atoms with Crippen molar-refractivity contribution in [3.8, 4) is 0 Å². The highest BCUT2D eigenvalue weighted by Gasteiger charge is 2.20.